The standard InChI is InChI=1S/C33H35F3N4O2/c34-33(35,36)26-11-13-27(14-12-26)37-30(41)38-28(24-7-3-1-4-8-24)29(25-9-5-2-6-10-25)39-31(42)40-32-18-21-15-22(19-32)17-23(16-21)20-32/h1-14,21-23,28-29H,15-20H2,(H2,37,38,41)(H2,39,40,42)/t21?,22?,23?,28-,29+,32?/m1/s1. The van der Waals surface area contributed by atoms with Crippen molar-refractivity contribution < 1.29 is 22.8 Å². The lowest BCUT2D eigenvalue weighted by molar-refractivity contribution is -0.137. The zero-order valence-electron chi connectivity index (χ0n) is 23.2. The number of hydrogen-bond donors (Lipinski definition) is 4. The summed E-state index contributed by atoms with van der Waals surface area (Å²) in [5, 5.41) is 12.2. The summed E-state index contributed by atoms with van der Waals surface area (Å²) < 4.78 is 39.0. The van der Waals surface area contributed by atoms with Crippen molar-refractivity contribution in [1.29, 1.82) is 0 Å². The molecule has 0 heterocycles. The molecule has 0 aliphatic heterocycles. The molecular formula is C33H35F3N4O2. The average Bonchev–Trinajstić information content (AvgIpc) is 2.94. The first-order valence-electron chi connectivity index (χ1n) is 14.6. The number of alkyl halides is 3. The van der Waals surface area contributed by atoms with E-state index < -0.39 is 29.9 Å². The molecule has 4 amide bonds. The molecule has 0 aromatic heterocycles. The van der Waals surface area contributed by atoms with Gasteiger partial charge in [-0.25, -0.2) is 9.59 Å². The Morgan fingerprint density at radius 1 is 0.667 bits per heavy atom. The number of halogens is 3. The van der Waals surface area contributed by atoms with Crippen LogP contribution in [0.2, 0.25) is 0 Å². The molecule has 0 spiro atoms. The van der Waals surface area contributed by atoms with Crippen LogP contribution in [0.1, 0.15) is 67.3 Å². The van der Waals surface area contributed by atoms with Crippen molar-refractivity contribution >= 4 is 17.7 Å². The van der Waals surface area contributed by atoms with Gasteiger partial charge in [0.05, 0.1) is 17.6 Å². The van der Waals surface area contributed by atoms with Crippen LogP contribution in [-0.2, 0) is 6.18 Å². The van der Waals surface area contributed by atoms with Gasteiger partial charge < -0.3 is 21.3 Å². The maximum atomic E-state index is 13.7. The number of nitrogens with one attached hydrogen (secondary N) is 4. The first-order valence-corrected chi connectivity index (χ1v) is 14.6. The minimum Gasteiger partial charge on any atom is -0.333 e. The highest BCUT2D eigenvalue weighted by Gasteiger charge is 2.51. The van der Waals surface area contributed by atoms with Gasteiger partial charge in [0, 0.05) is 11.2 Å². The summed E-state index contributed by atoms with van der Waals surface area (Å²) >= 11 is 0. The number of hydrogen-bond acceptors (Lipinski definition) is 2. The lowest BCUT2D eigenvalue weighted by Gasteiger charge is -2.56. The first kappa shape index (κ1) is 28.1. The quantitative estimate of drug-likeness (QED) is 0.234. The molecule has 6 nitrogen and oxygen atoms in total. The van der Waals surface area contributed by atoms with Crippen molar-refractivity contribution in [3.8, 4) is 0 Å². The van der Waals surface area contributed by atoms with Crippen LogP contribution in [0.5, 0.6) is 0 Å². The molecule has 0 radical (unpaired) electrons. The monoisotopic (exact) mass is 576 g/mol. The molecule has 4 aliphatic carbocycles. The Morgan fingerprint density at radius 3 is 1.57 bits per heavy atom. The first-order chi connectivity index (χ1) is 20.2. The largest absolute Gasteiger partial charge is 0.416 e. The topological polar surface area (TPSA) is 82.3 Å². The summed E-state index contributed by atoms with van der Waals surface area (Å²) in [6.07, 6.45) is 2.37. The molecule has 3 aromatic carbocycles. The van der Waals surface area contributed by atoms with Crippen molar-refractivity contribution in [1.82, 2.24) is 16.0 Å². The third-order valence-electron chi connectivity index (χ3n) is 9.11. The van der Waals surface area contributed by atoms with E-state index in [4.69, 9.17) is 0 Å². The van der Waals surface area contributed by atoms with Gasteiger partial charge in [-0.15, -0.1) is 0 Å². The van der Waals surface area contributed by atoms with Crippen LogP contribution in [0, 0.1) is 17.8 Å². The summed E-state index contributed by atoms with van der Waals surface area (Å²) in [7, 11) is 0. The Hall–Kier alpha value is -4.01. The van der Waals surface area contributed by atoms with Gasteiger partial charge in [-0.05, 0) is 91.7 Å². The van der Waals surface area contributed by atoms with E-state index in [1.54, 1.807) is 0 Å². The van der Waals surface area contributed by atoms with Gasteiger partial charge in [-0.2, -0.15) is 13.2 Å². The fourth-order valence-electron chi connectivity index (χ4n) is 7.77. The van der Waals surface area contributed by atoms with E-state index in [9.17, 15) is 22.8 Å². The minimum absolute atomic E-state index is 0.185. The molecule has 0 unspecified atom stereocenters. The second-order valence-electron chi connectivity index (χ2n) is 12.2. The molecular weight excluding hydrogens is 541 g/mol. The van der Waals surface area contributed by atoms with Crippen molar-refractivity contribution in [2.75, 3.05) is 5.32 Å². The van der Waals surface area contributed by atoms with E-state index >= 15 is 0 Å². The normalized spacial score (nSPS) is 25.7. The van der Waals surface area contributed by atoms with Gasteiger partial charge in [0.1, 0.15) is 0 Å². The van der Waals surface area contributed by atoms with Crippen LogP contribution in [0.4, 0.5) is 28.4 Å². The van der Waals surface area contributed by atoms with Gasteiger partial charge in [0.15, 0.2) is 0 Å². The van der Waals surface area contributed by atoms with E-state index in [2.05, 4.69) is 21.3 Å². The Morgan fingerprint density at radius 2 is 1.12 bits per heavy atom. The molecule has 4 bridgehead atoms. The molecule has 220 valence electrons. The second-order valence-corrected chi connectivity index (χ2v) is 12.2. The summed E-state index contributed by atoms with van der Waals surface area (Å²) in [6.45, 7) is 0. The number of carbonyl (C=O) groups excluding carboxylic acids is 2. The van der Waals surface area contributed by atoms with Crippen molar-refractivity contribution in [3.05, 3.63) is 102 Å². The third-order valence-corrected chi connectivity index (χ3v) is 9.11. The number of rotatable bonds is 7. The van der Waals surface area contributed by atoms with Crippen LogP contribution < -0.4 is 21.3 Å². The lowest BCUT2D eigenvalue weighted by Crippen LogP contribution is -2.62. The van der Waals surface area contributed by atoms with E-state index in [1.807, 2.05) is 60.7 Å². The van der Waals surface area contributed by atoms with Gasteiger partial charge in [-0.3, -0.25) is 0 Å². The molecule has 3 aromatic rings. The highest BCUT2D eigenvalue weighted by molar-refractivity contribution is 5.89. The Labute approximate surface area is 243 Å². The summed E-state index contributed by atoms with van der Waals surface area (Å²) in [6, 6.07) is 20.9. The number of amides is 4. The van der Waals surface area contributed by atoms with Crippen molar-refractivity contribution in [2.45, 2.75) is 62.3 Å². The molecule has 42 heavy (non-hydrogen) atoms. The molecule has 7 rings (SSSR count). The predicted molar refractivity (Wildman–Crippen MR) is 155 cm³/mol. The minimum atomic E-state index is -4.47. The zero-order valence-corrected chi connectivity index (χ0v) is 23.2. The van der Waals surface area contributed by atoms with Gasteiger partial charge in [0.2, 0.25) is 0 Å². The fraction of sp³-hybridized carbons (Fsp3) is 0.394. The van der Waals surface area contributed by atoms with Crippen LogP contribution in [0.3, 0.4) is 0 Å². The van der Waals surface area contributed by atoms with E-state index in [0.29, 0.717) is 17.8 Å². The van der Waals surface area contributed by atoms with Gasteiger partial charge >= 0.3 is 18.2 Å². The molecule has 0 saturated heterocycles. The van der Waals surface area contributed by atoms with E-state index in [-0.39, 0.29) is 17.3 Å². The van der Waals surface area contributed by atoms with E-state index in [0.717, 1.165) is 42.5 Å². The lowest BCUT2D eigenvalue weighted by atomic mass is 9.53. The second kappa shape index (κ2) is 11.3. The molecule has 4 saturated carbocycles. The van der Waals surface area contributed by atoms with Crippen molar-refractivity contribution in [2.24, 2.45) is 17.8 Å². The molecule has 9 heteroatoms. The molecule has 4 aliphatic rings. The van der Waals surface area contributed by atoms with Crippen LogP contribution in [0.25, 0.3) is 0 Å². The average molecular weight is 577 g/mol. The zero-order chi connectivity index (χ0) is 29.3. The number of carbonyl (C=O) groups is 2. The molecule has 4 N–H and O–H groups in total. The number of benzene rings is 3. The van der Waals surface area contributed by atoms with Crippen LogP contribution in [-0.4, -0.2) is 17.6 Å². The SMILES string of the molecule is O=C(Nc1ccc(C(F)(F)F)cc1)N[C@H](c1ccccc1)[C@@H](NC(=O)NC12CC3CC(CC(C3)C1)C2)c1ccccc1. The predicted octanol–water partition coefficient (Wildman–Crippen LogP) is 7.58. The van der Waals surface area contributed by atoms with Gasteiger partial charge in [-0.1, -0.05) is 60.7 Å². The summed E-state index contributed by atoms with van der Waals surface area (Å²) in [5.41, 5.74) is 0.811. The Balaban J connectivity index is 1.23. The van der Waals surface area contributed by atoms with Gasteiger partial charge in [0.25, 0.3) is 0 Å². The molecule has 4 fully saturated rings. The highest BCUT2D eigenvalue weighted by Crippen LogP contribution is 2.55. The Kier molecular flexibility index (Phi) is 7.60. The Bertz CT molecular complexity index is 1360. The smallest absolute Gasteiger partial charge is 0.333 e. The summed E-state index contributed by atoms with van der Waals surface area (Å²) in [4.78, 5) is 26.9. The third kappa shape index (κ3) is 6.25. The number of anilines is 1. The summed E-state index contributed by atoms with van der Waals surface area (Å²) in [5.74, 6) is 2.03. The van der Waals surface area contributed by atoms with Crippen LogP contribution in [0.15, 0.2) is 84.9 Å². The maximum Gasteiger partial charge on any atom is 0.416 e. The van der Waals surface area contributed by atoms with Crippen LogP contribution >= 0.6 is 0 Å². The number of urea groups is 2. The highest BCUT2D eigenvalue weighted by atomic mass is 19.4. The van der Waals surface area contributed by atoms with Crippen molar-refractivity contribution in [3.63, 3.8) is 0 Å². The maximum absolute atomic E-state index is 13.7. The molecule has 2 atom stereocenters. The fourth-order valence-corrected chi connectivity index (χ4v) is 7.77. The van der Waals surface area contributed by atoms with E-state index in [1.165, 1.54) is 31.4 Å².